The topological polar surface area (TPSA) is 65.1 Å². The molecule has 21 heavy (non-hydrogen) atoms. The van der Waals surface area contributed by atoms with Crippen molar-refractivity contribution >= 4 is 10.0 Å². The zero-order chi connectivity index (χ0) is 15.5. The Morgan fingerprint density at radius 2 is 1.67 bits per heavy atom. The van der Waals surface area contributed by atoms with Crippen molar-refractivity contribution in [1.29, 1.82) is 0 Å². The maximum absolute atomic E-state index is 12.6. The van der Waals surface area contributed by atoms with Gasteiger partial charge in [-0.15, -0.1) is 0 Å². The first-order valence-electron chi connectivity index (χ1n) is 6.78. The van der Waals surface area contributed by atoms with Gasteiger partial charge in [0.1, 0.15) is 0 Å². The van der Waals surface area contributed by atoms with E-state index in [2.05, 4.69) is 0 Å². The van der Waals surface area contributed by atoms with Gasteiger partial charge in [-0.25, -0.2) is 8.42 Å². The molecule has 1 saturated heterocycles. The molecule has 1 aliphatic rings. The lowest BCUT2D eigenvalue weighted by Crippen LogP contribution is -2.40. The molecule has 1 aliphatic heterocycles. The Morgan fingerprint density at radius 1 is 1.05 bits per heavy atom. The summed E-state index contributed by atoms with van der Waals surface area (Å²) in [6.07, 6.45) is 1.56. The van der Waals surface area contributed by atoms with Gasteiger partial charge in [0.2, 0.25) is 10.0 Å². The summed E-state index contributed by atoms with van der Waals surface area (Å²) < 4.78 is 42.3. The highest BCUT2D eigenvalue weighted by Gasteiger charge is 2.30. The number of piperidine rings is 1. The number of rotatable bonds is 5. The summed E-state index contributed by atoms with van der Waals surface area (Å²) >= 11 is 0. The second kappa shape index (κ2) is 6.64. The SMILES string of the molecule is COc1ccc(S(=O)(=O)N2CCC(OC)CC2)cc1OC. The van der Waals surface area contributed by atoms with Crippen molar-refractivity contribution in [3.8, 4) is 11.5 Å². The maximum atomic E-state index is 12.6. The largest absolute Gasteiger partial charge is 0.493 e. The van der Waals surface area contributed by atoms with Crippen LogP contribution in [0.4, 0.5) is 0 Å². The number of sulfonamides is 1. The minimum absolute atomic E-state index is 0.141. The highest BCUT2D eigenvalue weighted by atomic mass is 32.2. The van der Waals surface area contributed by atoms with Crippen LogP contribution in [-0.2, 0) is 14.8 Å². The van der Waals surface area contributed by atoms with Crippen LogP contribution in [0, 0.1) is 0 Å². The summed E-state index contributed by atoms with van der Waals surface area (Å²) in [7, 11) is 1.15. The summed E-state index contributed by atoms with van der Waals surface area (Å²) in [4.78, 5) is 0.219. The molecule has 1 aromatic rings. The normalized spacial score (nSPS) is 17.7. The second-order valence-corrected chi connectivity index (χ2v) is 6.79. The Hall–Kier alpha value is -1.31. The quantitative estimate of drug-likeness (QED) is 0.824. The molecule has 1 heterocycles. The van der Waals surface area contributed by atoms with Crippen LogP contribution in [0.3, 0.4) is 0 Å². The van der Waals surface area contributed by atoms with E-state index in [-0.39, 0.29) is 11.0 Å². The second-order valence-electron chi connectivity index (χ2n) is 4.86. The molecule has 2 rings (SSSR count). The smallest absolute Gasteiger partial charge is 0.243 e. The fourth-order valence-electron chi connectivity index (χ4n) is 2.43. The molecule has 0 atom stereocenters. The Bertz CT molecular complexity index is 579. The van der Waals surface area contributed by atoms with Gasteiger partial charge in [0.15, 0.2) is 11.5 Å². The molecule has 118 valence electrons. The van der Waals surface area contributed by atoms with E-state index in [4.69, 9.17) is 14.2 Å². The Kier molecular flexibility index (Phi) is 5.08. The number of hydrogen-bond acceptors (Lipinski definition) is 5. The van der Waals surface area contributed by atoms with Crippen LogP contribution in [-0.4, -0.2) is 53.2 Å². The van der Waals surface area contributed by atoms with Crippen molar-refractivity contribution in [3.05, 3.63) is 18.2 Å². The van der Waals surface area contributed by atoms with Crippen molar-refractivity contribution in [2.45, 2.75) is 23.8 Å². The summed E-state index contributed by atoms with van der Waals surface area (Å²) in [5.41, 5.74) is 0. The fourth-order valence-corrected chi connectivity index (χ4v) is 3.92. The summed E-state index contributed by atoms with van der Waals surface area (Å²) in [5, 5.41) is 0. The van der Waals surface area contributed by atoms with E-state index in [1.165, 1.54) is 24.6 Å². The first-order chi connectivity index (χ1) is 10.0. The van der Waals surface area contributed by atoms with Crippen LogP contribution in [0.5, 0.6) is 11.5 Å². The molecule has 0 saturated carbocycles. The highest BCUT2D eigenvalue weighted by molar-refractivity contribution is 7.89. The molecular weight excluding hydrogens is 294 g/mol. The van der Waals surface area contributed by atoms with E-state index in [9.17, 15) is 8.42 Å². The summed E-state index contributed by atoms with van der Waals surface area (Å²) in [6.45, 7) is 0.935. The van der Waals surface area contributed by atoms with Gasteiger partial charge in [0, 0.05) is 26.3 Å². The predicted octanol–water partition coefficient (Wildman–Crippen LogP) is 1.50. The van der Waals surface area contributed by atoms with Crippen molar-refractivity contribution < 1.29 is 22.6 Å². The zero-order valence-corrected chi connectivity index (χ0v) is 13.4. The molecule has 0 amide bonds. The lowest BCUT2D eigenvalue weighted by atomic mass is 10.1. The van der Waals surface area contributed by atoms with Gasteiger partial charge in [-0.1, -0.05) is 0 Å². The maximum Gasteiger partial charge on any atom is 0.243 e. The molecule has 0 unspecified atom stereocenters. The average molecular weight is 315 g/mol. The molecule has 0 N–H and O–H groups in total. The summed E-state index contributed by atoms with van der Waals surface area (Å²) in [5.74, 6) is 0.917. The van der Waals surface area contributed by atoms with Crippen molar-refractivity contribution in [1.82, 2.24) is 4.31 Å². The van der Waals surface area contributed by atoms with E-state index >= 15 is 0 Å². The van der Waals surface area contributed by atoms with E-state index in [0.717, 1.165) is 0 Å². The number of ether oxygens (including phenoxy) is 3. The van der Waals surface area contributed by atoms with Crippen LogP contribution in [0.1, 0.15) is 12.8 Å². The number of benzene rings is 1. The first-order valence-corrected chi connectivity index (χ1v) is 8.22. The van der Waals surface area contributed by atoms with Crippen LogP contribution in [0.25, 0.3) is 0 Å². The van der Waals surface area contributed by atoms with E-state index in [0.29, 0.717) is 37.4 Å². The predicted molar refractivity (Wildman–Crippen MR) is 78.3 cm³/mol. The molecular formula is C14H21NO5S. The molecule has 6 nitrogen and oxygen atoms in total. The van der Waals surface area contributed by atoms with E-state index in [1.807, 2.05) is 0 Å². The van der Waals surface area contributed by atoms with Gasteiger partial charge >= 0.3 is 0 Å². The van der Waals surface area contributed by atoms with Crippen molar-refractivity contribution in [2.24, 2.45) is 0 Å². The van der Waals surface area contributed by atoms with Crippen molar-refractivity contribution in [2.75, 3.05) is 34.4 Å². The third kappa shape index (κ3) is 3.30. The molecule has 0 aliphatic carbocycles. The molecule has 1 aromatic carbocycles. The average Bonchev–Trinajstić information content (AvgIpc) is 2.54. The Labute approximate surface area is 125 Å². The monoisotopic (exact) mass is 315 g/mol. The number of nitrogens with zero attached hydrogens (tertiary/aromatic N) is 1. The van der Waals surface area contributed by atoms with Crippen LogP contribution < -0.4 is 9.47 Å². The third-order valence-corrected chi connectivity index (χ3v) is 5.62. The van der Waals surface area contributed by atoms with Gasteiger partial charge in [0.25, 0.3) is 0 Å². The molecule has 0 spiro atoms. The highest BCUT2D eigenvalue weighted by Crippen LogP contribution is 2.31. The zero-order valence-electron chi connectivity index (χ0n) is 12.5. The molecule has 1 fully saturated rings. The molecule has 0 radical (unpaired) electrons. The third-order valence-electron chi connectivity index (χ3n) is 3.73. The van der Waals surface area contributed by atoms with Crippen LogP contribution >= 0.6 is 0 Å². The van der Waals surface area contributed by atoms with E-state index in [1.54, 1.807) is 19.2 Å². The number of methoxy groups -OCH3 is 3. The summed E-state index contributed by atoms with van der Waals surface area (Å²) in [6, 6.07) is 4.64. The van der Waals surface area contributed by atoms with Gasteiger partial charge in [-0.2, -0.15) is 4.31 Å². The Balaban J connectivity index is 2.24. The van der Waals surface area contributed by atoms with Gasteiger partial charge in [-0.3, -0.25) is 0 Å². The first kappa shape index (κ1) is 16.1. The minimum Gasteiger partial charge on any atom is -0.493 e. The molecule has 7 heteroatoms. The van der Waals surface area contributed by atoms with Gasteiger partial charge in [0.05, 0.1) is 25.2 Å². The lowest BCUT2D eigenvalue weighted by Gasteiger charge is -2.30. The molecule has 0 bridgehead atoms. The van der Waals surface area contributed by atoms with Gasteiger partial charge in [-0.05, 0) is 25.0 Å². The Morgan fingerprint density at radius 3 is 2.19 bits per heavy atom. The fraction of sp³-hybridized carbons (Fsp3) is 0.571. The standard InChI is InChI=1S/C14H21NO5S/c1-18-11-6-8-15(9-7-11)21(16,17)12-4-5-13(19-2)14(10-12)20-3/h4-5,10-11H,6-9H2,1-3H3. The minimum atomic E-state index is -3.51. The van der Waals surface area contributed by atoms with E-state index < -0.39 is 10.0 Å². The van der Waals surface area contributed by atoms with Gasteiger partial charge < -0.3 is 14.2 Å². The number of hydrogen-bond donors (Lipinski definition) is 0. The van der Waals surface area contributed by atoms with Crippen LogP contribution in [0.2, 0.25) is 0 Å². The van der Waals surface area contributed by atoms with Crippen LogP contribution in [0.15, 0.2) is 23.1 Å². The van der Waals surface area contributed by atoms with Crippen molar-refractivity contribution in [3.63, 3.8) is 0 Å². The lowest BCUT2D eigenvalue weighted by molar-refractivity contribution is 0.0604. The molecule has 0 aromatic heterocycles.